The number of aromatic nitrogens is 2. The Kier molecular flexibility index (Phi) is 5.80. The highest BCUT2D eigenvalue weighted by Crippen LogP contribution is 2.50. The third-order valence-corrected chi connectivity index (χ3v) is 6.85. The first-order chi connectivity index (χ1) is 16.4. The Balaban J connectivity index is 1.63. The topological polar surface area (TPSA) is 56.1 Å². The molecule has 1 N–H and O–H groups in total. The maximum Gasteiger partial charge on any atom is 0.162 e. The molecule has 2 aromatic carbocycles. The quantitative estimate of drug-likeness (QED) is 0.428. The van der Waals surface area contributed by atoms with Crippen molar-refractivity contribution in [2.45, 2.75) is 59.3 Å². The number of hydrogen-bond donors (Lipinski definition) is 1. The summed E-state index contributed by atoms with van der Waals surface area (Å²) < 4.78 is 7.87. The molecule has 1 aliphatic carbocycles. The van der Waals surface area contributed by atoms with Gasteiger partial charge in [0.1, 0.15) is 11.6 Å². The van der Waals surface area contributed by atoms with Gasteiger partial charge in [0, 0.05) is 29.2 Å². The molecule has 0 bridgehead atoms. The lowest BCUT2D eigenvalue weighted by Crippen LogP contribution is -2.34. The first-order valence-electron chi connectivity index (χ1n) is 12.3. The van der Waals surface area contributed by atoms with E-state index in [1.807, 2.05) is 41.9 Å². The van der Waals surface area contributed by atoms with Crippen molar-refractivity contribution in [2.75, 3.05) is 11.9 Å². The molecule has 1 aliphatic heterocycles. The van der Waals surface area contributed by atoms with E-state index in [0.29, 0.717) is 6.42 Å². The van der Waals surface area contributed by atoms with Crippen molar-refractivity contribution in [1.29, 1.82) is 0 Å². The molecule has 2 aliphatic rings. The second-order valence-electron chi connectivity index (χ2n) is 10.3. The van der Waals surface area contributed by atoms with Crippen LogP contribution in [0.1, 0.15) is 69.2 Å². The van der Waals surface area contributed by atoms with Gasteiger partial charge in [-0.05, 0) is 55.0 Å². The summed E-state index contributed by atoms with van der Waals surface area (Å²) in [5, 5.41) is 8.57. The minimum atomic E-state index is -0.142. The molecule has 0 amide bonds. The van der Waals surface area contributed by atoms with Crippen molar-refractivity contribution in [3.8, 4) is 11.4 Å². The fourth-order valence-electron chi connectivity index (χ4n) is 5.25. The van der Waals surface area contributed by atoms with Crippen LogP contribution in [0.15, 0.2) is 65.9 Å². The molecule has 1 unspecified atom stereocenters. The maximum atomic E-state index is 13.5. The van der Waals surface area contributed by atoms with Crippen molar-refractivity contribution in [3.05, 3.63) is 82.7 Å². The Morgan fingerprint density at radius 2 is 1.82 bits per heavy atom. The average molecular weight is 456 g/mol. The fourth-order valence-corrected chi connectivity index (χ4v) is 5.25. The van der Waals surface area contributed by atoms with Crippen molar-refractivity contribution >= 4 is 11.6 Å². The number of ether oxygens (including phenoxy) is 1. The van der Waals surface area contributed by atoms with Gasteiger partial charge in [-0.25, -0.2) is 4.68 Å². The smallest absolute Gasteiger partial charge is 0.162 e. The molecule has 0 saturated carbocycles. The van der Waals surface area contributed by atoms with Crippen LogP contribution in [0.5, 0.6) is 5.75 Å². The number of carbonyl (C=O) groups excluding carboxylic acids is 1. The molecule has 5 nitrogen and oxygen atoms in total. The van der Waals surface area contributed by atoms with Crippen molar-refractivity contribution in [2.24, 2.45) is 5.41 Å². The van der Waals surface area contributed by atoms with E-state index < -0.39 is 0 Å². The number of hydrogen-bond acceptors (Lipinski definition) is 4. The predicted octanol–water partition coefficient (Wildman–Crippen LogP) is 6.56. The number of allylic oxidation sites excluding steroid dienone is 2. The number of carbonyl (C=O) groups is 1. The van der Waals surface area contributed by atoms with Gasteiger partial charge >= 0.3 is 0 Å². The SMILES string of the molecule is CCCCOc1ccc(C2C3=C(CC(C)(C)CC3=O)Nc3c2c(C)nn3-c2ccccc2)cc1. The standard InChI is InChI=1S/C29H33N3O2/c1-5-6-16-34-22-14-12-20(13-15-22)26-25-19(2)31-32(21-10-8-7-9-11-21)28(25)30-23-17-29(3,4)18-24(33)27(23)26/h7-15,26,30H,5-6,16-18H2,1-4H3. The minimum Gasteiger partial charge on any atom is -0.494 e. The predicted molar refractivity (Wildman–Crippen MR) is 136 cm³/mol. The molecule has 5 rings (SSSR count). The lowest BCUT2D eigenvalue weighted by molar-refractivity contribution is -0.118. The van der Waals surface area contributed by atoms with Gasteiger partial charge in [0.15, 0.2) is 5.78 Å². The Hall–Kier alpha value is -3.34. The monoisotopic (exact) mass is 455 g/mol. The van der Waals surface area contributed by atoms with Gasteiger partial charge in [0.2, 0.25) is 0 Å². The number of nitrogens with one attached hydrogen (secondary N) is 1. The largest absolute Gasteiger partial charge is 0.494 e. The van der Waals surface area contributed by atoms with Crippen LogP contribution < -0.4 is 10.1 Å². The third-order valence-electron chi connectivity index (χ3n) is 6.85. The fraction of sp³-hybridized carbons (Fsp3) is 0.379. The minimum absolute atomic E-state index is 0.0748. The second-order valence-corrected chi connectivity index (χ2v) is 10.3. The summed E-state index contributed by atoms with van der Waals surface area (Å²) in [5.74, 6) is 1.91. The number of ketones is 1. The summed E-state index contributed by atoms with van der Waals surface area (Å²) in [6.45, 7) is 9.26. The van der Waals surface area contributed by atoms with Gasteiger partial charge in [-0.1, -0.05) is 57.5 Å². The molecule has 176 valence electrons. The van der Waals surface area contributed by atoms with Gasteiger partial charge in [0.05, 0.1) is 18.0 Å². The van der Waals surface area contributed by atoms with Gasteiger partial charge < -0.3 is 10.1 Å². The van der Waals surface area contributed by atoms with Crippen molar-refractivity contribution in [3.63, 3.8) is 0 Å². The zero-order chi connectivity index (χ0) is 23.9. The van der Waals surface area contributed by atoms with E-state index in [9.17, 15) is 4.79 Å². The molecule has 0 fully saturated rings. The molecule has 3 aromatic rings. The second kappa shape index (κ2) is 8.79. The molecule has 1 atom stereocenters. The van der Waals surface area contributed by atoms with Crippen molar-refractivity contribution < 1.29 is 9.53 Å². The summed E-state index contributed by atoms with van der Waals surface area (Å²) >= 11 is 0. The molecule has 0 radical (unpaired) electrons. The van der Waals surface area contributed by atoms with E-state index in [0.717, 1.165) is 71.2 Å². The summed E-state index contributed by atoms with van der Waals surface area (Å²) in [7, 11) is 0. The normalized spacial score (nSPS) is 18.8. The van der Waals surface area contributed by atoms with Gasteiger partial charge in [-0.15, -0.1) is 0 Å². The van der Waals surface area contributed by atoms with Gasteiger partial charge in [-0.2, -0.15) is 5.10 Å². The average Bonchev–Trinajstić information content (AvgIpc) is 3.14. The first-order valence-corrected chi connectivity index (χ1v) is 12.3. The summed E-state index contributed by atoms with van der Waals surface area (Å²) in [4.78, 5) is 13.5. The van der Waals surface area contributed by atoms with Crippen LogP contribution >= 0.6 is 0 Å². The van der Waals surface area contributed by atoms with E-state index in [2.05, 4.69) is 50.4 Å². The number of anilines is 1. The van der Waals surface area contributed by atoms with E-state index in [1.165, 1.54) is 0 Å². The zero-order valence-corrected chi connectivity index (χ0v) is 20.5. The van der Waals surface area contributed by atoms with Crippen LogP contribution in [0.3, 0.4) is 0 Å². The molecule has 5 heteroatoms. The van der Waals surface area contributed by atoms with E-state index >= 15 is 0 Å². The van der Waals surface area contributed by atoms with Crippen LogP contribution in [0.4, 0.5) is 5.82 Å². The molecule has 1 aromatic heterocycles. The van der Waals surface area contributed by atoms with Crippen molar-refractivity contribution in [1.82, 2.24) is 9.78 Å². The summed E-state index contributed by atoms with van der Waals surface area (Å²) in [6, 6.07) is 18.5. The highest BCUT2D eigenvalue weighted by molar-refractivity contribution is 6.01. The number of fused-ring (bicyclic) bond motifs is 1. The number of unbranched alkanes of at least 4 members (excludes halogenated alkanes) is 1. The lowest BCUT2D eigenvalue weighted by atomic mass is 9.69. The highest BCUT2D eigenvalue weighted by atomic mass is 16.5. The molecular weight excluding hydrogens is 422 g/mol. The van der Waals surface area contributed by atoms with Crippen LogP contribution in [0, 0.1) is 12.3 Å². The van der Waals surface area contributed by atoms with E-state index in [1.54, 1.807) is 0 Å². The van der Waals surface area contributed by atoms with Crippen LogP contribution in [-0.4, -0.2) is 22.2 Å². The number of benzene rings is 2. The zero-order valence-electron chi connectivity index (χ0n) is 20.5. The Morgan fingerprint density at radius 3 is 2.53 bits per heavy atom. The van der Waals surface area contributed by atoms with E-state index in [-0.39, 0.29) is 17.1 Å². The summed E-state index contributed by atoms with van der Waals surface area (Å²) in [5.41, 5.74) is 5.96. The Bertz CT molecular complexity index is 1240. The number of para-hydroxylation sites is 1. The molecule has 2 heterocycles. The maximum absolute atomic E-state index is 13.5. The highest BCUT2D eigenvalue weighted by Gasteiger charge is 2.42. The van der Waals surface area contributed by atoms with Crippen LogP contribution in [0.2, 0.25) is 0 Å². The van der Waals surface area contributed by atoms with Crippen LogP contribution in [0.25, 0.3) is 5.69 Å². The molecule has 0 spiro atoms. The van der Waals surface area contributed by atoms with Crippen LogP contribution in [-0.2, 0) is 4.79 Å². The van der Waals surface area contributed by atoms with Gasteiger partial charge in [-0.3, -0.25) is 4.79 Å². The lowest BCUT2D eigenvalue weighted by Gasteiger charge is -2.38. The number of Topliss-reactive ketones (excluding diaryl/α,β-unsaturated/α-hetero) is 1. The summed E-state index contributed by atoms with van der Waals surface area (Å²) in [6.07, 6.45) is 3.54. The first kappa shape index (κ1) is 22.5. The Labute approximate surface area is 201 Å². The Morgan fingerprint density at radius 1 is 1.09 bits per heavy atom. The van der Waals surface area contributed by atoms with Gasteiger partial charge in [0.25, 0.3) is 0 Å². The molecule has 34 heavy (non-hydrogen) atoms. The number of rotatable bonds is 6. The number of aryl methyl sites for hydroxylation is 1. The molecule has 0 saturated heterocycles. The molecular formula is C29H33N3O2. The third kappa shape index (κ3) is 4.04. The number of nitrogens with zero attached hydrogens (tertiary/aromatic N) is 2. The van der Waals surface area contributed by atoms with E-state index in [4.69, 9.17) is 9.84 Å².